The Morgan fingerprint density at radius 3 is 2.64 bits per heavy atom. The Balaban J connectivity index is 3.01. The summed E-state index contributed by atoms with van der Waals surface area (Å²) in [5.74, 6) is 0.299. The van der Waals surface area contributed by atoms with Gasteiger partial charge < -0.3 is 5.11 Å². The van der Waals surface area contributed by atoms with Crippen molar-refractivity contribution in [3.8, 4) is 0 Å². The number of hydrogen-bond donors (Lipinski definition) is 1. The zero-order valence-corrected chi connectivity index (χ0v) is 10.5. The Hall–Kier alpha value is -0.340. The quantitative estimate of drug-likeness (QED) is 0.872. The maximum Gasteiger partial charge on any atom is 0.0826 e. The van der Waals surface area contributed by atoms with E-state index in [9.17, 15) is 5.11 Å². The third-order valence-corrected chi connectivity index (χ3v) is 3.81. The molecule has 78 valence electrons. The molecule has 1 aromatic carbocycles. The molecule has 0 aliphatic rings. The van der Waals surface area contributed by atoms with Crippen LogP contribution in [0.25, 0.3) is 0 Å². The molecule has 0 bridgehead atoms. The van der Waals surface area contributed by atoms with Gasteiger partial charge in [-0.25, -0.2) is 0 Å². The van der Waals surface area contributed by atoms with Crippen LogP contribution in [-0.4, -0.2) is 5.11 Å². The molecule has 1 rings (SSSR count). The molecule has 2 atom stereocenters. The first-order valence-corrected chi connectivity index (χ1v) is 5.80. The second kappa shape index (κ2) is 4.94. The first-order chi connectivity index (χ1) is 6.57. The predicted octanol–water partition coefficient (Wildman–Crippen LogP) is 3.84. The fourth-order valence-corrected chi connectivity index (χ4v) is 1.93. The molecule has 0 spiro atoms. The van der Waals surface area contributed by atoms with Gasteiger partial charge in [0.05, 0.1) is 6.10 Å². The number of benzene rings is 1. The van der Waals surface area contributed by atoms with Crippen molar-refractivity contribution in [3.63, 3.8) is 0 Å². The minimum atomic E-state index is -0.366. The molecule has 0 heterocycles. The van der Waals surface area contributed by atoms with Crippen LogP contribution in [0.2, 0.25) is 0 Å². The van der Waals surface area contributed by atoms with E-state index in [1.165, 1.54) is 5.56 Å². The first kappa shape index (κ1) is 11.7. The molecule has 1 N–H and O–H groups in total. The van der Waals surface area contributed by atoms with Gasteiger partial charge in [0, 0.05) is 4.47 Å². The average molecular weight is 257 g/mol. The Morgan fingerprint density at radius 1 is 1.43 bits per heavy atom. The SMILES string of the molecule is CCC(C)C(O)c1cccc(C)c1Br. The van der Waals surface area contributed by atoms with Crippen LogP contribution in [-0.2, 0) is 0 Å². The summed E-state index contributed by atoms with van der Waals surface area (Å²) < 4.78 is 1.04. The molecular weight excluding hydrogens is 240 g/mol. The fourth-order valence-electron chi connectivity index (χ4n) is 1.43. The van der Waals surface area contributed by atoms with Crippen LogP contribution in [0.4, 0.5) is 0 Å². The molecular formula is C12H17BrO. The van der Waals surface area contributed by atoms with Crippen molar-refractivity contribution in [2.24, 2.45) is 5.92 Å². The third kappa shape index (κ3) is 2.37. The van der Waals surface area contributed by atoms with Crippen molar-refractivity contribution in [3.05, 3.63) is 33.8 Å². The number of aliphatic hydroxyl groups excluding tert-OH is 1. The fraction of sp³-hybridized carbons (Fsp3) is 0.500. The van der Waals surface area contributed by atoms with Gasteiger partial charge in [-0.05, 0) is 24.0 Å². The van der Waals surface area contributed by atoms with Gasteiger partial charge in [0.2, 0.25) is 0 Å². The summed E-state index contributed by atoms with van der Waals surface area (Å²) in [5, 5.41) is 10.1. The van der Waals surface area contributed by atoms with Crippen LogP contribution in [0.15, 0.2) is 22.7 Å². The van der Waals surface area contributed by atoms with Crippen LogP contribution in [0.1, 0.15) is 37.5 Å². The van der Waals surface area contributed by atoms with Crippen LogP contribution >= 0.6 is 15.9 Å². The molecule has 0 saturated heterocycles. The van der Waals surface area contributed by atoms with Crippen molar-refractivity contribution < 1.29 is 5.11 Å². The Bertz CT molecular complexity index is 309. The minimum absolute atomic E-state index is 0.299. The van der Waals surface area contributed by atoms with E-state index in [0.717, 1.165) is 16.5 Å². The van der Waals surface area contributed by atoms with Crippen LogP contribution < -0.4 is 0 Å². The van der Waals surface area contributed by atoms with E-state index in [2.05, 4.69) is 29.8 Å². The number of hydrogen-bond acceptors (Lipinski definition) is 1. The van der Waals surface area contributed by atoms with Gasteiger partial charge in [0.25, 0.3) is 0 Å². The minimum Gasteiger partial charge on any atom is -0.388 e. The highest BCUT2D eigenvalue weighted by Crippen LogP contribution is 2.31. The van der Waals surface area contributed by atoms with Crippen molar-refractivity contribution in [2.45, 2.75) is 33.3 Å². The van der Waals surface area contributed by atoms with E-state index < -0.39 is 0 Å². The highest BCUT2D eigenvalue weighted by molar-refractivity contribution is 9.10. The van der Waals surface area contributed by atoms with E-state index in [-0.39, 0.29) is 6.10 Å². The molecule has 0 fully saturated rings. The van der Waals surface area contributed by atoms with E-state index in [0.29, 0.717) is 5.92 Å². The lowest BCUT2D eigenvalue weighted by atomic mass is 9.94. The molecule has 0 aliphatic carbocycles. The number of aryl methyl sites for hydroxylation is 1. The lowest BCUT2D eigenvalue weighted by Crippen LogP contribution is -2.09. The largest absolute Gasteiger partial charge is 0.388 e. The predicted molar refractivity (Wildman–Crippen MR) is 63.3 cm³/mol. The number of aliphatic hydroxyl groups is 1. The van der Waals surface area contributed by atoms with E-state index in [1.807, 2.05) is 25.1 Å². The summed E-state index contributed by atoms with van der Waals surface area (Å²) in [5.41, 5.74) is 2.17. The third-order valence-electron chi connectivity index (χ3n) is 2.72. The Morgan fingerprint density at radius 2 is 2.07 bits per heavy atom. The lowest BCUT2D eigenvalue weighted by molar-refractivity contribution is 0.115. The summed E-state index contributed by atoms with van der Waals surface area (Å²) in [6, 6.07) is 6.01. The molecule has 14 heavy (non-hydrogen) atoms. The average Bonchev–Trinajstić information content (AvgIpc) is 2.20. The lowest BCUT2D eigenvalue weighted by Gasteiger charge is -2.19. The summed E-state index contributed by atoms with van der Waals surface area (Å²) in [4.78, 5) is 0. The van der Waals surface area contributed by atoms with Gasteiger partial charge in [-0.15, -0.1) is 0 Å². The smallest absolute Gasteiger partial charge is 0.0826 e. The highest BCUT2D eigenvalue weighted by atomic mass is 79.9. The molecule has 0 radical (unpaired) electrons. The van der Waals surface area contributed by atoms with Gasteiger partial charge in [0.1, 0.15) is 0 Å². The van der Waals surface area contributed by atoms with E-state index >= 15 is 0 Å². The van der Waals surface area contributed by atoms with Gasteiger partial charge in [0.15, 0.2) is 0 Å². The summed E-state index contributed by atoms with van der Waals surface area (Å²) >= 11 is 3.52. The van der Waals surface area contributed by atoms with Crippen molar-refractivity contribution in [2.75, 3.05) is 0 Å². The number of rotatable bonds is 3. The Labute approximate surface area is 94.3 Å². The number of halogens is 1. The first-order valence-electron chi connectivity index (χ1n) is 5.01. The van der Waals surface area contributed by atoms with Crippen molar-refractivity contribution >= 4 is 15.9 Å². The molecule has 2 unspecified atom stereocenters. The van der Waals surface area contributed by atoms with E-state index in [1.54, 1.807) is 0 Å². The molecule has 0 amide bonds. The van der Waals surface area contributed by atoms with Crippen LogP contribution in [0.3, 0.4) is 0 Å². The maximum atomic E-state index is 10.1. The zero-order valence-electron chi connectivity index (χ0n) is 8.92. The standard InChI is InChI=1S/C12H17BrO/c1-4-8(2)12(14)10-7-5-6-9(3)11(10)13/h5-8,12,14H,4H2,1-3H3. The normalized spacial score (nSPS) is 15.2. The van der Waals surface area contributed by atoms with Crippen LogP contribution in [0, 0.1) is 12.8 Å². The van der Waals surface area contributed by atoms with Crippen LogP contribution in [0.5, 0.6) is 0 Å². The van der Waals surface area contributed by atoms with Gasteiger partial charge in [-0.3, -0.25) is 0 Å². The maximum absolute atomic E-state index is 10.1. The Kier molecular flexibility index (Phi) is 4.14. The van der Waals surface area contributed by atoms with Gasteiger partial charge in [-0.2, -0.15) is 0 Å². The van der Waals surface area contributed by atoms with Crippen molar-refractivity contribution in [1.82, 2.24) is 0 Å². The summed E-state index contributed by atoms with van der Waals surface area (Å²) in [7, 11) is 0. The second-order valence-electron chi connectivity index (χ2n) is 3.81. The molecule has 0 saturated carbocycles. The van der Waals surface area contributed by atoms with Crippen molar-refractivity contribution in [1.29, 1.82) is 0 Å². The molecule has 0 aliphatic heterocycles. The van der Waals surface area contributed by atoms with Gasteiger partial charge >= 0.3 is 0 Å². The monoisotopic (exact) mass is 256 g/mol. The molecule has 1 aromatic rings. The summed E-state index contributed by atoms with van der Waals surface area (Å²) in [6.45, 7) is 6.20. The second-order valence-corrected chi connectivity index (χ2v) is 4.60. The molecule has 1 nitrogen and oxygen atoms in total. The van der Waals surface area contributed by atoms with Gasteiger partial charge in [-0.1, -0.05) is 54.4 Å². The summed E-state index contributed by atoms with van der Waals surface area (Å²) in [6.07, 6.45) is 0.621. The zero-order chi connectivity index (χ0) is 10.7. The van der Waals surface area contributed by atoms with E-state index in [4.69, 9.17) is 0 Å². The topological polar surface area (TPSA) is 20.2 Å². The molecule has 2 heteroatoms. The highest BCUT2D eigenvalue weighted by Gasteiger charge is 2.17. The molecule has 0 aromatic heterocycles.